The van der Waals surface area contributed by atoms with Crippen molar-refractivity contribution in [3.8, 4) is 0 Å². The number of imide groups is 2. The number of urea groups is 2. The molecule has 4 unspecified atom stereocenters. The van der Waals surface area contributed by atoms with Crippen LogP contribution in [0.4, 0.5) is 14.4 Å². The van der Waals surface area contributed by atoms with Crippen LogP contribution in [0.5, 0.6) is 0 Å². The fourth-order valence-electron chi connectivity index (χ4n) is 6.66. The second-order valence-corrected chi connectivity index (χ2v) is 12.2. The van der Waals surface area contributed by atoms with Crippen LogP contribution in [-0.4, -0.2) is 91.9 Å². The lowest BCUT2D eigenvalue weighted by Crippen LogP contribution is -2.54. The van der Waals surface area contributed by atoms with E-state index in [9.17, 15) is 28.8 Å². The van der Waals surface area contributed by atoms with E-state index >= 15 is 0 Å². The van der Waals surface area contributed by atoms with Crippen molar-refractivity contribution in [2.45, 2.75) is 59.3 Å². The first-order valence-electron chi connectivity index (χ1n) is 15.3. The largest absolute Gasteiger partial charge is 0.460 e. The van der Waals surface area contributed by atoms with Crippen molar-refractivity contribution in [2.24, 2.45) is 23.2 Å². The van der Waals surface area contributed by atoms with Crippen molar-refractivity contribution in [3.63, 3.8) is 0 Å². The highest BCUT2D eigenvalue weighted by Crippen LogP contribution is 2.65. The molecule has 13 nitrogen and oxygen atoms in total. The molecule has 0 spiro atoms. The van der Waals surface area contributed by atoms with Gasteiger partial charge in [0.25, 0.3) is 0 Å². The zero-order valence-corrected chi connectivity index (χ0v) is 26.5. The van der Waals surface area contributed by atoms with Gasteiger partial charge < -0.3 is 24.3 Å². The predicted molar refractivity (Wildman–Crippen MR) is 161 cm³/mol. The maximum atomic E-state index is 13.8. The van der Waals surface area contributed by atoms with Gasteiger partial charge >= 0.3 is 36.1 Å². The second-order valence-electron chi connectivity index (χ2n) is 12.2. The van der Waals surface area contributed by atoms with Gasteiger partial charge in [0.2, 0.25) is 0 Å². The molecule has 0 heterocycles. The van der Waals surface area contributed by atoms with Crippen LogP contribution >= 0.6 is 0 Å². The normalized spacial score (nSPS) is 22.4. The van der Waals surface area contributed by atoms with E-state index in [2.05, 4.69) is 25.1 Å². The Balaban J connectivity index is 1.74. The third kappa shape index (κ3) is 8.95. The molecule has 4 atom stereocenters. The molecule has 1 N–H and O–H groups in total. The highest BCUT2D eigenvalue weighted by Gasteiger charge is 2.59. The van der Waals surface area contributed by atoms with E-state index < -0.39 is 55.8 Å². The fourth-order valence-corrected chi connectivity index (χ4v) is 6.66. The fraction of sp³-hybridized carbons (Fsp3) is 0.625. The Hall–Kier alpha value is -4.16. The molecule has 3 saturated carbocycles. The van der Waals surface area contributed by atoms with Crippen LogP contribution in [0.2, 0.25) is 0 Å². The molecule has 13 heteroatoms. The highest BCUT2D eigenvalue weighted by atomic mass is 16.6. The number of fused-ring (bicyclic) bond motifs is 5. The zero-order chi connectivity index (χ0) is 33.3. The summed E-state index contributed by atoms with van der Waals surface area (Å²) in [5.41, 5.74) is 0.293. The first-order chi connectivity index (χ1) is 21.3. The quantitative estimate of drug-likeness (QED) is 0.128. The highest BCUT2D eigenvalue weighted by molar-refractivity contribution is 6.00. The maximum Gasteiger partial charge on any atom is 0.418 e. The standard InChI is InChI=1S/C32H45N3O10/c1-20(2)26(36)42-15-12-33-29(39)34(13-16-43-27(37)21(3)4)30(40)35(14-17-44-28(38)22(5)6)31(41)45-19-32-11-10-23(18-32)24-8-7-9-25(24)32/h23-25H,1,3,5,7-19H2,2,4,6H3,(H,33,39). The number of carbonyl (C=O) groups is 6. The van der Waals surface area contributed by atoms with Crippen molar-refractivity contribution in [2.75, 3.05) is 46.1 Å². The molecule has 0 aromatic heterocycles. The summed E-state index contributed by atoms with van der Waals surface area (Å²) in [4.78, 5) is 77.4. The van der Waals surface area contributed by atoms with Crippen LogP contribution in [0.1, 0.15) is 59.3 Å². The third-order valence-corrected chi connectivity index (χ3v) is 8.81. The number of hydrogen-bond acceptors (Lipinski definition) is 10. The number of amides is 5. The third-order valence-electron chi connectivity index (χ3n) is 8.81. The van der Waals surface area contributed by atoms with Crippen LogP contribution < -0.4 is 5.32 Å². The van der Waals surface area contributed by atoms with Crippen molar-refractivity contribution >= 4 is 36.1 Å². The predicted octanol–water partition coefficient (Wildman–Crippen LogP) is 4.13. The Kier molecular flexibility index (Phi) is 12.3. The molecular weight excluding hydrogens is 586 g/mol. The number of nitrogens with one attached hydrogen (secondary N) is 1. The second kappa shape index (κ2) is 15.7. The smallest absolute Gasteiger partial charge is 0.418 e. The first kappa shape index (κ1) is 35.3. The summed E-state index contributed by atoms with van der Waals surface area (Å²) < 4.78 is 21.0. The number of ether oxygens (including phenoxy) is 4. The first-order valence-corrected chi connectivity index (χ1v) is 15.3. The molecule has 45 heavy (non-hydrogen) atoms. The summed E-state index contributed by atoms with van der Waals surface area (Å²) in [6.07, 6.45) is 5.49. The Bertz CT molecular complexity index is 1230. The maximum absolute atomic E-state index is 13.8. The van der Waals surface area contributed by atoms with Gasteiger partial charge in [-0.1, -0.05) is 26.2 Å². The number of rotatable bonds is 14. The molecule has 3 fully saturated rings. The number of carbonyl (C=O) groups excluding carboxylic acids is 6. The van der Waals surface area contributed by atoms with Gasteiger partial charge in [-0.25, -0.2) is 38.6 Å². The van der Waals surface area contributed by atoms with Crippen molar-refractivity contribution < 1.29 is 47.7 Å². The van der Waals surface area contributed by atoms with E-state index in [1.165, 1.54) is 27.2 Å². The van der Waals surface area contributed by atoms with E-state index in [0.717, 1.165) is 32.1 Å². The summed E-state index contributed by atoms with van der Waals surface area (Å²) in [6.45, 7) is 13.0. The van der Waals surface area contributed by atoms with E-state index in [0.29, 0.717) is 27.6 Å². The Morgan fingerprint density at radius 2 is 1.31 bits per heavy atom. The average molecular weight is 632 g/mol. The van der Waals surface area contributed by atoms with Crippen molar-refractivity contribution in [3.05, 3.63) is 36.5 Å². The van der Waals surface area contributed by atoms with Gasteiger partial charge in [0.15, 0.2) is 0 Å². The summed E-state index contributed by atoms with van der Waals surface area (Å²) in [5.74, 6) is -0.335. The van der Waals surface area contributed by atoms with Crippen LogP contribution in [0.3, 0.4) is 0 Å². The van der Waals surface area contributed by atoms with Gasteiger partial charge in [-0.3, -0.25) is 0 Å². The SMILES string of the molecule is C=C(C)C(=O)OCCNC(=O)N(CCOC(=O)C(=C)C)C(=O)N(CCOC(=O)C(=C)C)C(=O)OCC12CCC(C1)C1CCCC12. The van der Waals surface area contributed by atoms with Gasteiger partial charge in [-0.2, -0.15) is 0 Å². The van der Waals surface area contributed by atoms with E-state index in [1.54, 1.807) is 0 Å². The lowest BCUT2D eigenvalue weighted by molar-refractivity contribution is -0.139. The lowest BCUT2D eigenvalue weighted by Gasteiger charge is -2.36. The molecule has 3 rings (SSSR count). The van der Waals surface area contributed by atoms with Gasteiger partial charge in [-0.05, 0) is 70.6 Å². The molecule has 248 valence electrons. The summed E-state index contributed by atoms with van der Waals surface area (Å²) >= 11 is 0. The van der Waals surface area contributed by atoms with Crippen LogP contribution in [0.25, 0.3) is 0 Å². The van der Waals surface area contributed by atoms with E-state index in [1.807, 2.05) is 0 Å². The zero-order valence-electron chi connectivity index (χ0n) is 26.5. The molecule has 0 aliphatic heterocycles. The van der Waals surface area contributed by atoms with Gasteiger partial charge in [0.1, 0.15) is 19.8 Å². The van der Waals surface area contributed by atoms with Crippen molar-refractivity contribution in [1.82, 2.24) is 15.1 Å². The molecule has 3 aliphatic rings. The van der Waals surface area contributed by atoms with Gasteiger partial charge in [0, 0.05) is 22.1 Å². The van der Waals surface area contributed by atoms with Crippen LogP contribution in [-0.2, 0) is 33.3 Å². The Morgan fingerprint density at radius 1 is 0.756 bits per heavy atom. The average Bonchev–Trinajstić information content (AvgIpc) is 3.72. The summed E-state index contributed by atoms with van der Waals surface area (Å²) in [5, 5.41) is 2.45. The minimum Gasteiger partial charge on any atom is -0.460 e. The Labute approximate surface area is 263 Å². The molecule has 3 aliphatic carbocycles. The minimum atomic E-state index is -1.08. The van der Waals surface area contributed by atoms with Crippen LogP contribution in [0.15, 0.2) is 36.5 Å². The molecule has 0 radical (unpaired) electrons. The summed E-state index contributed by atoms with van der Waals surface area (Å²) in [7, 11) is 0. The molecule has 0 aromatic rings. The van der Waals surface area contributed by atoms with Crippen molar-refractivity contribution in [1.29, 1.82) is 0 Å². The van der Waals surface area contributed by atoms with Gasteiger partial charge in [-0.15, -0.1) is 0 Å². The molecule has 0 aromatic carbocycles. The monoisotopic (exact) mass is 631 g/mol. The molecular formula is C32H45N3O10. The molecule has 5 amide bonds. The lowest BCUT2D eigenvalue weighted by atomic mass is 9.72. The number of hydrogen-bond donors (Lipinski definition) is 1. The molecule has 0 saturated heterocycles. The van der Waals surface area contributed by atoms with E-state index in [-0.39, 0.29) is 48.5 Å². The number of nitrogens with zero attached hydrogens (tertiary/aromatic N) is 2. The minimum absolute atomic E-state index is 0.117. The molecule has 2 bridgehead atoms. The number of esters is 3. The topological polar surface area (TPSA) is 158 Å². The summed E-state index contributed by atoms with van der Waals surface area (Å²) in [6, 6.07) is -2.03. The van der Waals surface area contributed by atoms with Crippen LogP contribution in [0, 0.1) is 23.2 Å². The van der Waals surface area contributed by atoms with E-state index in [4.69, 9.17) is 18.9 Å². The van der Waals surface area contributed by atoms with Gasteiger partial charge in [0.05, 0.1) is 26.2 Å². The Morgan fingerprint density at radius 3 is 1.89 bits per heavy atom.